The Labute approximate surface area is 105 Å². The fourth-order valence-electron chi connectivity index (χ4n) is 2.98. The number of aliphatic carboxylic acids is 1. The van der Waals surface area contributed by atoms with Crippen LogP contribution in [-0.4, -0.2) is 33.4 Å². The molecule has 0 amide bonds. The average molecular weight is 275 g/mol. The van der Waals surface area contributed by atoms with Crippen molar-refractivity contribution in [1.29, 1.82) is 0 Å². The molecule has 102 valence electrons. The number of fused-ring (bicyclic) bond motifs is 1. The summed E-state index contributed by atoms with van der Waals surface area (Å²) in [5, 5.41) is 12.0. The van der Waals surface area contributed by atoms with Gasteiger partial charge >= 0.3 is 13.6 Å². The Morgan fingerprint density at radius 1 is 1.39 bits per heavy atom. The van der Waals surface area contributed by atoms with Gasteiger partial charge in [-0.05, 0) is 44.1 Å². The molecule has 0 aromatic carbocycles. The lowest BCUT2D eigenvalue weighted by Crippen LogP contribution is -2.48. The van der Waals surface area contributed by atoms with Gasteiger partial charge in [-0.25, -0.2) is 0 Å². The second-order valence-electron chi connectivity index (χ2n) is 5.17. The van der Waals surface area contributed by atoms with Crippen LogP contribution in [0.3, 0.4) is 0 Å². The summed E-state index contributed by atoms with van der Waals surface area (Å²) in [5.74, 6) is 0.856. The summed E-state index contributed by atoms with van der Waals surface area (Å²) in [6.07, 6.45) is 2.72. The summed E-state index contributed by atoms with van der Waals surface area (Å²) in [6, 6.07) is -0.527. The summed E-state index contributed by atoms with van der Waals surface area (Å²) < 4.78 is 10.9. The highest BCUT2D eigenvalue weighted by Crippen LogP contribution is 2.44. The molecule has 0 unspecified atom stereocenters. The Balaban J connectivity index is 2.04. The van der Waals surface area contributed by atoms with Gasteiger partial charge in [0, 0.05) is 5.82 Å². The molecule has 1 heterocycles. The van der Waals surface area contributed by atoms with Crippen LogP contribution in [0.1, 0.15) is 25.7 Å². The molecule has 18 heavy (non-hydrogen) atoms. The second kappa shape index (κ2) is 5.13. The summed E-state index contributed by atoms with van der Waals surface area (Å²) in [5.41, 5.74) is 0.774. The maximum Gasteiger partial charge on any atom is 0.349 e. The molecule has 1 saturated carbocycles. The van der Waals surface area contributed by atoms with Gasteiger partial charge in [-0.1, -0.05) is 5.57 Å². The summed E-state index contributed by atoms with van der Waals surface area (Å²) in [4.78, 5) is 28.8. The minimum absolute atomic E-state index is 0.221. The number of piperidine rings is 1. The van der Waals surface area contributed by atoms with E-state index in [2.05, 4.69) is 5.32 Å². The number of rotatable bonds is 2. The van der Waals surface area contributed by atoms with Crippen LogP contribution >= 0.6 is 7.60 Å². The third-order valence-electron chi connectivity index (χ3n) is 3.84. The van der Waals surface area contributed by atoms with Gasteiger partial charge in [0.1, 0.15) is 6.04 Å². The zero-order valence-electron chi connectivity index (χ0n) is 9.95. The van der Waals surface area contributed by atoms with E-state index in [1.807, 2.05) is 0 Å². The SMILES string of the molecule is O=C(O)[C@@H]1C[C@H]2C/C(=C/P(=O)(O)O)CC[C@H]2CN1. The quantitative estimate of drug-likeness (QED) is 0.558. The van der Waals surface area contributed by atoms with E-state index in [0.717, 1.165) is 17.8 Å². The highest BCUT2D eigenvalue weighted by Gasteiger charge is 2.36. The third-order valence-corrected chi connectivity index (χ3v) is 4.54. The number of hydrogen-bond donors (Lipinski definition) is 4. The topological polar surface area (TPSA) is 107 Å². The minimum Gasteiger partial charge on any atom is -0.480 e. The Kier molecular flexibility index (Phi) is 3.92. The first-order valence-electron chi connectivity index (χ1n) is 6.07. The molecule has 7 heteroatoms. The van der Waals surface area contributed by atoms with Crippen molar-refractivity contribution in [1.82, 2.24) is 5.32 Å². The molecule has 1 aliphatic heterocycles. The molecule has 2 aliphatic rings. The molecular formula is C11H18NO5P. The molecule has 2 rings (SSSR count). The Hall–Kier alpha value is -0.680. The Bertz CT molecular complexity index is 416. The van der Waals surface area contributed by atoms with Crippen molar-refractivity contribution in [3.05, 3.63) is 11.4 Å². The first-order valence-corrected chi connectivity index (χ1v) is 7.75. The predicted octanol–water partition coefficient (Wildman–Crippen LogP) is 0.911. The Morgan fingerprint density at radius 2 is 2.11 bits per heavy atom. The minimum atomic E-state index is -4.11. The predicted molar refractivity (Wildman–Crippen MR) is 65.0 cm³/mol. The van der Waals surface area contributed by atoms with Crippen LogP contribution in [0.2, 0.25) is 0 Å². The zero-order valence-corrected chi connectivity index (χ0v) is 10.8. The van der Waals surface area contributed by atoms with Gasteiger partial charge in [-0.15, -0.1) is 0 Å². The number of carbonyl (C=O) groups is 1. The lowest BCUT2D eigenvalue weighted by molar-refractivity contribution is -0.141. The van der Waals surface area contributed by atoms with Crippen LogP contribution < -0.4 is 5.32 Å². The maximum absolute atomic E-state index is 10.9. The van der Waals surface area contributed by atoms with Gasteiger partial charge in [0.15, 0.2) is 0 Å². The molecule has 0 bridgehead atoms. The molecule has 2 fully saturated rings. The fraction of sp³-hybridized carbons (Fsp3) is 0.727. The summed E-state index contributed by atoms with van der Waals surface area (Å²) >= 11 is 0. The third kappa shape index (κ3) is 3.42. The second-order valence-corrected chi connectivity index (χ2v) is 6.61. The van der Waals surface area contributed by atoms with Crippen molar-refractivity contribution in [2.45, 2.75) is 31.7 Å². The molecule has 1 aliphatic carbocycles. The Morgan fingerprint density at radius 3 is 2.72 bits per heavy atom. The molecule has 0 spiro atoms. The van der Waals surface area contributed by atoms with Crippen molar-refractivity contribution in [3.63, 3.8) is 0 Å². The summed E-state index contributed by atoms with van der Waals surface area (Å²) in [6.45, 7) is 0.685. The summed E-state index contributed by atoms with van der Waals surface area (Å²) in [7, 11) is -4.11. The standard InChI is InChI=1S/C11H18NO5P/c13-11(14)10-4-9-3-7(6-18(15,16)17)1-2-8(9)5-12-10/h6,8-10,12H,1-5H2,(H,13,14)(H2,15,16,17)/b7-6+/t8-,9+,10-/m0/s1. The van der Waals surface area contributed by atoms with E-state index in [4.69, 9.17) is 14.9 Å². The number of allylic oxidation sites excluding steroid dienone is 1. The molecule has 0 aromatic heterocycles. The molecule has 3 atom stereocenters. The van der Waals surface area contributed by atoms with Crippen LogP contribution in [-0.2, 0) is 9.36 Å². The van der Waals surface area contributed by atoms with Crippen molar-refractivity contribution in [2.75, 3.05) is 6.54 Å². The molecule has 4 N–H and O–H groups in total. The molecule has 0 aromatic rings. The number of carboxylic acid groups (broad SMARTS) is 1. The maximum atomic E-state index is 10.9. The van der Waals surface area contributed by atoms with E-state index in [0.29, 0.717) is 31.7 Å². The number of hydrogen-bond acceptors (Lipinski definition) is 3. The fourth-order valence-corrected chi connectivity index (χ4v) is 3.69. The van der Waals surface area contributed by atoms with Crippen molar-refractivity contribution >= 4 is 13.6 Å². The average Bonchev–Trinajstić information content (AvgIpc) is 2.25. The van der Waals surface area contributed by atoms with Crippen molar-refractivity contribution in [3.8, 4) is 0 Å². The van der Waals surface area contributed by atoms with Gasteiger partial charge in [0.05, 0.1) is 0 Å². The van der Waals surface area contributed by atoms with Gasteiger partial charge in [0.25, 0.3) is 0 Å². The van der Waals surface area contributed by atoms with Gasteiger partial charge in [-0.2, -0.15) is 0 Å². The lowest BCUT2D eigenvalue weighted by Gasteiger charge is -2.39. The normalized spacial score (nSPS) is 35.2. The molecule has 0 radical (unpaired) electrons. The number of carboxylic acids is 1. The van der Waals surface area contributed by atoms with Crippen LogP contribution in [0.5, 0.6) is 0 Å². The zero-order chi connectivity index (χ0) is 13.3. The lowest BCUT2D eigenvalue weighted by atomic mass is 9.72. The van der Waals surface area contributed by atoms with E-state index in [-0.39, 0.29) is 5.92 Å². The van der Waals surface area contributed by atoms with Crippen LogP contribution in [0, 0.1) is 11.8 Å². The van der Waals surface area contributed by atoms with E-state index < -0.39 is 19.6 Å². The first kappa shape index (κ1) is 13.7. The van der Waals surface area contributed by atoms with Gasteiger partial charge < -0.3 is 20.2 Å². The first-order chi connectivity index (χ1) is 8.35. The number of nitrogens with one attached hydrogen (secondary N) is 1. The highest BCUT2D eigenvalue weighted by atomic mass is 31.2. The van der Waals surface area contributed by atoms with E-state index in [9.17, 15) is 9.36 Å². The monoisotopic (exact) mass is 275 g/mol. The smallest absolute Gasteiger partial charge is 0.349 e. The van der Waals surface area contributed by atoms with Gasteiger partial charge in [-0.3, -0.25) is 9.36 Å². The van der Waals surface area contributed by atoms with E-state index >= 15 is 0 Å². The van der Waals surface area contributed by atoms with Crippen molar-refractivity contribution < 1.29 is 24.3 Å². The van der Waals surface area contributed by atoms with Crippen molar-refractivity contribution in [2.24, 2.45) is 11.8 Å². The van der Waals surface area contributed by atoms with Crippen LogP contribution in [0.4, 0.5) is 0 Å². The van der Waals surface area contributed by atoms with Crippen LogP contribution in [0.25, 0.3) is 0 Å². The van der Waals surface area contributed by atoms with E-state index in [1.54, 1.807) is 0 Å². The highest BCUT2D eigenvalue weighted by molar-refractivity contribution is 7.55. The molecule has 1 saturated heterocycles. The van der Waals surface area contributed by atoms with Crippen LogP contribution in [0.15, 0.2) is 11.4 Å². The molecule has 6 nitrogen and oxygen atoms in total. The largest absolute Gasteiger partial charge is 0.480 e. The van der Waals surface area contributed by atoms with E-state index in [1.165, 1.54) is 0 Å². The molecular weight excluding hydrogens is 257 g/mol. The van der Waals surface area contributed by atoms with Gasteiger partial charge in [0.2, 0.25) is 0 Å².